The van der Waals surface area contributed by atoms with Crippen molar-refractivity contribution in [1.29, 1.82) is 0 Å². The molecule has 1 fully saturated rings. The first-order valence-corrected chi connectivity index (χ1v) is 6.46. The molecule has 1 aromatic rings. The number of hydrogen-bond acceptors (Lipinski definition) is 2. The SMILES string of the molecule is CN(CC1CCC1)C(CN)c1cc(F)cc(F)c1. The first-order chi connectivity index (χ1) is 8.60. The Bertz CT molecular complexity index is 385. The molecule has 1 aromatic carbocycles. The van der Waals surface area contributed by atoms with Crippen LogP contribution in [0, 0.1) is 17.6 Å². The van der Waals surface area contributed by atoms with E-state index in [1.807, 2.05) is 7.05 Å². The van der Waals surface area contributed by atoms with Crippen LogP contribution >= 0.6 is 0 Å². The molecule has 1 unspecified atom stereocenters. The lowest BCUT2D eigenvalue weighted by molar-refractivity contribution is 0.164. The van der Waals surface area contributed by atoms with Crippen LogP contribution in [0.2, 0.25) is 0 Å². The molecule has 2 N–H and O–H groups in total. The Morgan fingerprint density at radius 1 is 1.28 bits per heavy atom. The van der Waals surface area contributed by atoms with Crippen LogP contribution in [0.5, 0.6) is 0 Å². The van der Waals surface area contributed by atoms with Gasteiger partial charge in [0.25, 0.3) is 0 Å². The summed E-state index contributed by atoms with van der Waals surface area (Å²) in [5.41, 5.74) is 6.38. The maximum atomic E-state index is 13.2. The lowest BCUT2D eigenvalue weighted by Gasteiger charge is -2.34. The van der Waals surface area contributed by atoms with Crippen molar-refractivity contribution in [1.82, 2.24) is 4.90 Å². The molecule has 0 aliphatic heterocycles. The zero-order valence-corrected chi connectivity index (χ0v) is 10.7. The normalized spacial score (nSPS) is 17.8. The average Bonchev–Trinajstić information content (AvgIpc) is 2.23. The fourth-order valence-corrected chi connectivity index (χ4v) is 2.55. The second kappa shape index (κ2) is 5.76. The lowest BCUT2D eigenvalue weighted by Crippen LogP contribution is -2.36. The van der Waals surface area contributed by atoms with Gasteiger partial charge in [0, 0.05) is 25.2 Å². The van der Waals surface area contributed by atoms with E-state index < -0.39 is 11.6 Å². The van der Waals surface area contributed by atoms with Crippen LogP contribution in [0.15, 0.2) is 18.2 Å². The summed E-state index contributed by atoms with van der Waals surface area (Å²) in [6, 6.07) is 3.52. The zero-order valence-electron chi connectivity index (χ0n) is 10.7. The molecule has 0 saturated heterocycles. The van der Waals surface area contributed by atoms with E-state index in [-0.39, 0.29) is 6.04 Å². The molecule has 1 atom stereocenters. The zero-order chi connectivity index (χ0) is 13.1. The van der Waals surface area contributed by atoms with Gasteiger partial charge in [-0.05, 0) is 43.5 Å². The maximum Gasteiger partial charge on any atom is 0.126 e. The number of benzene rings is 1. The molecule has 0 heterocycles. The third-order valence-corrected chi connectivity index (χ3v) is 3.80. The van der Waals surface area contributed by atoms with Gasteiger partial charge in [-0.1, -0.05) is 6.42 Å². The minimum Gasteiger partial charge on any atom is -0.329 e. The molecule has 4 heteroatoms. The molecule has 0 amide bonds. The lowest BCUT2D eigenvalue weighted by atomic mass is 9.85. The smallest absolute Gasteiger partial charge is 0.126 e. The molecule has 0 radical (unpaired) electrons. The van der Waals surface area contributed by atoms with E-state index in [0.29, 0.717) is 18.0 Å². The quantitative estimate of drug-likeness (QED) is 0.875. The summed E-state index contributed by atoms with van der Waals surface area (Å²) in [6.45, 7) is 1.31. The second-order valence-corrected chi connectivity index (χ2v) is 5.19. The summed E-state index contributed by atoms with van der Waals surface area (Å²) in [5, 5.41) is 0. The van der Waals surface area contributed by atoms with Crippen LogP contribution in [0.25, 0.3) is 0 Å². The third-order valence-electron chi connectivity index (χ3n) is 3.80. The first kappa shape index (κ1) is 13.4. The second-order valence-electron chi connectivity index (χ2n) is 5.19. The Labute approximate surface area is 107 Å². The fourth-order valence-electron chi connectivity index (χ4n) is 2.55. The van der Waals surface area contributed by atoms with Gasteiger partial charge >= 0.3 is 0 Å². The van der Waals surface area contributed by atoms with Gasteiger partial charge in [-0.2, -0.15) is 0 Å². The van der Waals surface area contributed by atoms with E-state index in [1.165, 1.54) is 31.4 Å². The van der Waals surface area contributed by atoms with Gasteiger partial charge in [-0.15, -0.1) is 0 Å². The van der Waals surface area contributed by atoms with Crippen molar-refractivity contribution in [2.45, 2.75) is 25.3 Å². The van der Waals surface area contributed by atoms with E-state index in [9.17, 15) is 8.78 Å². The van der Waals surface area contributed by atoms with Gasteiger partial charge in [0.15, 0.2) is 0 Å². The molecule has 1 aliphatic rings. The van der Waals surface area contributed by atoms with E-state index in [2.05, 4.69) is 4.90 Å². The van der Waals surface area contributed by atoms with Crippen molar-refractivity contribution in [3.8, 4) is 0 Å². The molecule has 2 nitrogen and oxygen atoms in total. The van der Waals surface area contributed by atoms with Crippen LogP contribution in [-0.2, 0) is 0 Å². The molecule has 1 saturated carbocycles. The first-order valence-electron chi connectivity index (χ1n) is 6.46. The van der Waals surface area contributed by atoms with Crippen molar-refractivity contribution < 1.29 is 8.78 Å². The van der Waals surface area contributed by atoms with E-state index in [1.54, 1.807) is 0 Å². The third kappa shape index (κ3) is 3.06. The molecule has 2 rings (SSSR count). The predicted octanol–water partition coefficient (Wildman–Crippen LogP) is 2.70. The number of rotatable bonds is 5. The highest BCUT2D eigenvalue weighted by Crippen LogP contribution is 2.29. The Morgan fingerprint density at radius 2 is 1.89 bits per heavy atom. The number of halogens is 2. The Hall–Kier alpha value is -1.00. The molecule has 0 spiro atoms. The van der Waals surface area contributed by atoms with Crippen LogP contribution < -0.4 is 5.73 Å². The van der Waals surface area contributed by atoms with Crippen LogP contribution in [0.3, 0.4) is 0 Å². The molecule has 1 aliphatic carbocycles. The molecule has 100 valence electrons. The van der Waals surface area contributed by atoms with Gasteiger partial charge < -0.3 is 5.73 Å². The van der Waals surface area contributed by atoms with Gasteiger partial charge in [-0.3, -0.25) is 4.90 Å². The monoisotopic (exact) mass is 254 g/mol. The molecular formula is C14H20F2N2. The summed E-state index contributed by atoms with van der Waals surface area (Å²) in [6.07, 6.45) is 3.79. The van der Waals surface area contributed by atoms with Gasteiger partial charge in [-0.25, -0.2) is 8.78 Å². The molecule has 18 heavy (non-hydrogen) atoms. The Balaban J connectivity index is 2.10. The van der Waals surface area contributed by atoms with Crippen molar-refractivity contribution in [2.75, 3.05) is 20.1 Å². The minimum absolute atomic E-state index is 0.115. The Kier molecular flexibility index (Phi) is 4.30. The topological polar surface area (TPSA) is 29.3 Å². The van der Waals surface area contributed by atoms with Crippen molar-refractivity contribution >= 4 is 0 Å². The fraction of sp³-hybridized carbons (Fsp3) is 0.571. The van der Waals surface area contributed by atoms with Crippen molar-refractivity contribution in [3.63, 3.8) is 0 Å². The standard InChI is InChI=1S/C14H20F2N2/c1-18(9-10-3-2-4-10)14(8-17)11-5-12(15)7-13(16)6-11/h5-7,10,14H,2-4,8-9,17H2,1H3. The van der Waals surface area contributed by atoms with Crippen LogP contribution in [0.1, 0.15) is 30.9 Å². The minimum atomic E-state index is -0.541. The summed E-state index contributed by atoms with van der Waals surface area (Å²) in [4.78, 5) is 2.11. The van der Waals surface area contributed by atoms with Gasteiger partial charge in [0.1, 0.15) is 11.6 Å². The highest BCUT2D eigenvalue weighted by molar-refractivity contribution is 5.22. The van der Waals surface area contributed by atoms with Crippen LogP contribution in [-0.4, -0.2) is 25.0 Å². The number of nitrogens with zero attached hydrogens (tertiary/aromatic N) is 1. The molecule has 0 aromatic heterocycles. The maximum absolute atomic E-state index is 13.2. The van der Waals surface area contributed by atoms with Crippen molar-refractivity contribution in [3.05, 3.63) is 35.4 Å². The highest BCUT2D eigenvalue weighted by Gasteiger charge is 2.23. The van der Waals surface area contributed by atoms with Crippen molar-refractivity contribution in [2.24, 2.45) is 11.7 Å². The number of nitrogens with two attached hydrogens (primary N) is 1. The van der Waals surface area contributed by atoms with Crippen LogP contribution in [0.4, 0.5) is 8.78 Å². The predicted molar refractivity (Wildman–Crippen MR) is 68.1 cm³/mol. The van der Waals surface area contributed by atoms with Gasteiger partial charge in [0.2, 0.25) is 0 Å². The van der Waals surface area contributed by atoms with Gasteiger partial charge in [0.05, 0.1) is 0 Å². The number of hydrogen-bond donors (Lipinski definition) is 1. The molecular weight excluding hydrogens is 234 g/mol. The van der Waals surface area contributed by atoms with E-state index in [4.69, 9.17) is 5.73 Å². The average molecular weight is 254 g/mol. The summed E-state index contributed by atoms with van der Waals surface area (Å²) >= 11 is 0. The Morgan fingerprint density at radius 3 is 2.33 bits per heavy atom. The summed E-state index contributed by atoms with van der Waals surface area (Å²) < 4.78 is 26.5. The number of likely N-dealkylation sites (N-methyl/N-ethyl adjacent to an activating group) is 1. The summed E-state index contributed by atoms with van der Waals surface area (Å²) in [7, 11) is 1.97. The largest absolute Gasteiger partial charge is 0.329 e. The molecule has 0 bridgehead atoms. The van der Waals surface area contributed by atoms with E-state index in [0.717, 1.165) is 12.6 Å². The highest BCUT2D eigenvalue weighted by atomic mass is 19.1. The van der Waals surface area contributed by atoms with E-state index >= 15 is 0 Å². The summed E-state index contributed by atoms with van der Waals surface area (Å²) in [5.74, 6) is -0.372.